The molecule has 0 heterocycles. The van der Waals surface area contributed by atoms with E-state index >= 15 is 0 Å². The summed E-state index contributed by atoms with van der Waals surface area (Å²) in [7, 11) is -0.853. The Morgan fingerprint density at radius 3 is 2.20 bits per heavy atom. The fourth-order valence-electron chi connectivity index (χ4n) is 1.57. The number of unbranched alkanes of at least 4 members (excludes halogenated alkanes) is 1. The van der Waals surface area contributed by atoms with Gasteiger partial charge >= 0.3 is 0 Å². The molecule has 0 amide bonds. The molecule has 0 saturated carbocycles. The first kappa shape index (κ1) is 14.9. The molecule has 3 nitrogen and oxygen atoms in total. The Morgan fingerprint density at radius 2 is 1.73 bits per heavy atom. The fourth-order valence-corrected chi connectivity index (χ4v) is 3.11. The molecule has 0 radical (unpaired) electrons. The maximum Gasteiger partial charge on any atom is 0.150 e. The van der Waals surface area contributed by atoms with Crippen LogP contribution in [0.5, 0.6) is 0 Å². The molecule has 1 atom stereocenters. The zero-order valence-corrected chi connectivity index (χ0v) is 11.1. The zero-order valence-electron chi connectivity index (χ0n) is 10.3. The van der Waals surface area contributed by atoms with Gasteiger partial charge in [-0.15, -0.1) is 0 Å². The lowest BCUT2D eigenvalue weighted by Crippen LogP contribution is -2.25. The highest BCUT2D eigenvalue weighted by atomic mass is 32.2. The van der Waals surface area contributed by atoms with Crippen molar-refractivity contribution >= 4 is 9.84 Å². The standard InChI is InChI=1S/C11H25NO2S/c1-4-6-9-15(13,14)10-7-8-11(5-2)12-3/h11-12H,4-10H2,1-3H3. The lowest BCUT2D eigenvalue weighted by molar-refractivity contribution is 0.500. The maximum atomic E-state index is 11.5. The molecule has 0 bridgehead atoms. The van der Waals surface area contributed by atoms with E-state index in [1.807, 2.05) is 14.0 Å². The van der Waals surface area contributed by atoms with Gasteiger partial charge in [-0.25, -0.2) is 8.42 Å². The molecule has 0 aliphatic carbocycles. The van der Waals surface area contributed by atoms with Crippen LogP contribution in [0.2, 0.25) is 0 Å². The molecule has 0 aromatic heterocycles. The van der Waals surface area contributed by atoms with Gasteiger partial charge in [-0.2, -0.15) is 0 Å². The fraction of sp³-hybridized carbons (Fsp3) is 1.00. The first-order valence-electron chi connectivity index (χ1n) is 5.93. The highest BCUT2D eigenvalue weighted by Crippen LogP contribution is 2.05. The molecule has 0 aromatic rings. The summed E-state index contributed by atoms with van der Waals surface area (Å²) in [5, 5.41) is 3.19. The molecule has 0 saturated heterocycles. The lowest BCUT2D eigenvalue weighted by atomic mass is 10.1. The van der Waals surface area contributed by atoms with E-state index in [1.165, 1.54) is 0 Å². The normalized spacial score (nSPS) is 14.1. The van der Waals surface area contributed by atoms with Gasteiger partial charge in [-0.3, -0.25) is 0 Å². The summed E-state index contributed by atoms with van der Waals surface area (Å²) in [6.45, 7) is 4.14. The second kappa shape index (κ2) is 8.11. The van der Waals surface area contributed by atoms with Crippen molar-refractivity contribution in [3.05, 3.63) is 0 Å². The van der Waals surface area contributed by atoms with Gasteiger partial charge in [0.1, 0.15) is 9.84 Å². The van der Waals surface area contributed by atoms with Gasteiger partial charge < -0.3 is 5.32 Å². The number of sulfone groups is 1. The largest absolute Gasteiger partial charge is 0.317 e. The van der Waals surface area contributed by atoms with Gasteiger partial charge in [-0.1, -0.05) is 20.3 Å². The molecular weight excluding hydrogens is 210 g/mol. The van der Waals surface area contributed by atoms with Crippen molar-refractivity contribution in [1.82, 2.24) is 5.32 Å². The van der Waals surface area contributed by atoms with Crippen LogP contribution in [-0.4, -0.2) is 33.0 Å². The molecule has 0 aliphatic heterocycles. The van der Waals surface area contributed by atoms with Crippen LogP contribution in [0.15, 0.2) is 0 Å². The second-order valence-corrected chi connectivity index (χ2v) is 6.35. The van der Waals surface area contributed by atoms with Crippen LogP contribution < -0.4 is 5.32 Å². The SMILES string of the molecule is CCCCS(=O)(=O)CCCC(CC)NC. The molecule has 0 fully saturated rings. The van der Waals surface area contributed by atoms with Gasteiger partial charge in [0.05, 0.1) is 11.5 Å². The molecule has 15 heavy (non-hydrogen) atoms. The highest BCUT2D eigenvalue weighted by molar-refractivity contribution is 7.91. The van der Waals surface area contributed by atoms with Crippen molar-refractivity contribution in [2.45, 2.75) is 52.0 Å². The van der Waals surface area contributed by atoms with Gasteiger partial charge in [0.2, 0.25) is 0 Å². The maximum absolute atomic E-state index is 11.5. The van der Waals surface area contributed by atoms with Crippen molar-refractivity contribution in [1.29, 1.82) is 0 Å². The molecule has 0 rings (SSSR count). The third-order valence-electron chi connectivity index (χ3n) is 2.72. The third kappa shape index (κ3) is 7.79. The molecule has 92 valence electrons. The smallest absolute Gasteiger partial charge is 0.150 e. The van der Waals surface area contributed by atoms with Gasteiger partial charge in [0.15, 0.2) is 0 Å². The van der Waals surface area contributed by atoms with Crippen molar-refractivity contribution in [3.63, 3.8) is 0 Å². The summed E-state index contributed by atoms with van der Waals surface area (Å²) in [4.78, 5) is 0. The monoisotopic (exact) mass is 235 g/mol. The number of hydrogen-bond acceptors (Lipinski definition) is 3. The molecule has 0 aliphatic rings. The van der Waals surface area contributed by atoms with E-state index in [2.05, 4.69) is 12.2 Å². The van der Waals surface area contributed by atoms with Gasteiger partial charge in [0, 0.05) is 6.04 Å². The van der Waals surface area contributed by atoms with E-state index in [-0.39, 0.29) is 0 Å². The summed E-state index contributed by atoms with van der Waals surface area (Å²) in [5.74, 6) is 0.713. The van der Waals surface area contributed by atoms with E-state index in [0.29, 0.717) is 17.5 Å². The molecule has 0 spiro atoms. The minimum absolute atomic E-state index is 0.352. The molecular formula is C11H25NO2S. The van der Waals surface area contributed by atoms with Crippen LogP contribution in [0.3, 0.4) is 0 Å². The minimum Gasteiger partial charge on any atom is -0.317 e. The molecule has 1 unspecified atom stereocenters. The topological polar surface area (TPSA) is 46.2 Å². The summed E-state index contributed by atoms with van der Waals surface area (Å²) < 4.78 is 23.1. The Bertz CT molecular complexity index is 233. The van der Waals surface area contributed by atoms with Crippen molar-refractivity contribution < 1.29 is 8.42 Å². The third-order valence-corrected chi connectivity index (χ3v) is 4.54. The van der Waals surface area contributed by atoms with Crippen LogP contribution in [-0.2, 0) is 9.84 Å². The van der Waals surface area contributed by atoms with E-state index in [4.69, 9.17) is 0 Å². The summed E-state index contributed by atoms with van der Waals surface area (Å²) in [6, 6.07) is 0.464. The highest BCUT2D eigenvalue weighted by Gasteiger charge is 2.11. The summed E-state index contributed by atoms with van der Waals surface area (Å²) in [6.07, 6.45) is 4.55. The Balaban J connectivity index is 3.74. The van der Waals surface area contributed by atoms with Gasteiger partial charge in [-0.05, 0) is 32.7 Å². The first-order valence-corrected chi connectivity index (χ1v) is 7.75. The van der Waals surface area contributed by atoms with Gasteiger partial charge in [0.25, 0.3) is 0 Å². The Hall–Kier alpha value is -0.0900. The predicted octanol–water partition coefficient (Wildman–Crippen LogP) is 1.98. The number of rotatable bonds is 9. The summed E-state index contributed by atoms with van der Waals surface area (Å²) in [5.41, 5.74) is 0. The Kier molecular flexibility index (Phi) is 8.06. The quantitative estimate of drug-likeness (QED) is 0.664. The van der Waals surface area contributed by atoms with E-state index in [0.717, 1.165) is 32.1 Å². The zero-order chi connectivity index (χ0) is 11.7. The Labute approximate surface area is 94.6 Å². The number of hydrogen-bond donors (Lipinski definition) is 1. The van der Waals surface area contributed by atoms with Crippen molar-refractivity contribution in [2.24, 2.45) is 0 Å². The van der Waals surface area contributed by atoms with E-state index in [9.17, 15) is 8.42 Å². The van der Waals surface area contributed by atoms with Crippen LogP contribution in [0, 0.1) is 0 Å². The van der Waals surface area contributed by atoms with E-state index < -0.39 is 9.84 Å². The molecule has 4 heteroatoms. The van der Waals surface area contributed by atoms with E-state index in [1.54, 1.807) is 0 Å². The van der Waals surface area contributed by atoms with Crippen molar-refractivity contribution in [3.8, 4) is 0 Å². The first-order chi connectivity index (χ1) is 7.05. The molecule has 1 N–H and O–H groups in total. The van der Waals surface area contributed by atoms with Crippen LogP contribution in [0.4, 0.5) is 0 Å². The van der Waals surface area contributed by atoms with Crippen molar-refractivity contribution in [2.75, 3.05) is 18.6 Å². The van der Waals surface area contributed by atoms with Crippen LogP contribution >= 0.6 is 0 Å². The van der Waals surface area contributed by atoms with Crippen LogP contribution in [0.1, 0.15) is 46.0 Å². The summed E-state index contributed by atoms with van der Waals surface area (Å²) >= 11 is 0. The molecule has 0 aromatic carbocycles. The van der Waals surface area contributed by atoms with Crippen LogP contribution in [0.25, 0.3) is 0 Å². The Morgan fingerprint density at radius 1 is 1.13 bits per heavy atom. The minimum atomic E-state index is -2.78. The average Bonchev–Trinajstić information content (AvgIpc) is 2.22. The lowest BCUT2D eigenvalue weighted by Gasteiger charge is -2.13. The predicted molar refractivity (Wildman–Crippen MR) is 65.9 cm³/mol. The number of nitrogens with one attached hydrogen (secondary N) is 1. The second-order valence-electron chi connectivity index (χ2n) is 4.04. The average molecular weight is 235 g/mol.